The van der Waals surface area contributed by atoms with Crippen LogP contribution >= 0.6 is 0 Å². The molecule has 1 aromatic carbocycles. The number of nitrogens with zero attached hydrogens (tertiary/aromatic N) is 3. The van der Waals surface area contributed by atoms with E-state index in [4.69, 9.17) is 0 Å². The van der Waals surface area contributed by atoms with Crippen LogP contribution in [0.15, 0.2) is 28.9 Å². The number of non-ortho nitro benzene ring substituents is 1. The van der Waals surface area contributed by atoms with Crippen LogP contribution in [0.5, 0.6) is 0 Å². The molecule has 94 valence electrons. The molecule has 7 heteroatoms. The Labute approximate surface area is 103 Å². The molecule has 0 aliphatic carbocycles. The third-order valence-corrected chi connectivity index (χ3v) is 2.52. The number of nitrogens with one attached hydrogen (secondary N) is 1. The fourth-order valence-corrected chi connectivity index (χ4v) is 1.47. The van der Waals surface area contributed by atoms with E-state index in [1.165, 1.54) is 12.1 Å². The molecule has 0 spiro atoms. The van der Waals surface area contributed by atoms with Gasteiger partial charge in [-0.1, -0.05) is 22.4 Å². The van der Waals surface area contributed by atoms with Crippen molar-refractivity contribution < 1.29 is 9.55 Å². The van der Waals surface area contributed by atoms with Gasteiger partial charge in [0.1, 0.15) is 11.4 Å². The summed E-state index contributed by atoms with van der Waals surface area (Å²) < 4.78 is 4.58. The van der Waals surface area contributed by atoms with E-state index >= 15 is 0 Å². The van der Waals surface area contributed by atoms with Gasteiger partial charge in [-0.05, 0) is 12.5 Å². The lowest BCUT2D eigenvalue weighted by Crippen LogP contribution is -2.13. The highest BCUT2D eigenvalue weighted by molar-refractivity contribution is 5.32. The first-order valence-corrected chi connectivity index (χ1v) is 5.39. The van der Waals surface area contributed by atoms with Gasteiger partial charge in [-0.2, -0.15) is 0 Å². The zero-order valence-corrected chi connectivity index (χ0v) is 9.79. The molecule has 0 atom stereocenters. The van der Waals surface area contributed by atoms with E-state index in [0.717, 1.165) is 17.0 Å². The number of hydrogen-bond donors (Lipinski definition) is 1. The SMILES string of the molecule is Cc1nonc1CNCc1ccc([N+](=O)[O-])cc1. The van der Waals surface area contributed by atoms with Crippen LogP contribution in [-0.2, 0) is 13.1 Å². The average Bonchev–Trinajstić information content (AvgIpc) is 2.76. The van der Waals surface area contributed by atoms with E-state index in [1.54, 1.807) is 12.1 Å². The van der Waals surface area contributed by atoms with Crippen LogP contribution in [0.2, 0.25) is 0 Å². The van der Waals surface area contributed by atoms with Crippen LogP contribution in [-0.4, -0.2) is 15.2 Å². The number of nitro benzene ring substituents is 1. The summed E-state index contributed by atoms with van der Waals surface area (Å²) in [6.45, 7) is 2.97. The number of aromatic nitrogens is 2. The molecule has 1 N–H and O–H groups in total. The normalized spacial score (nSPS) is 10.5. The maximum Gasteiger partial charge on any atom is 0.269 e. The summed E-state index contributed by atoms with van der Waals surface area (Å²) in [7, 11) is 0. The Hall–Kier alpha value is -2.28. The molecular weight excluding hydrogens is 236 g/mol. The molecule has 1 aromatic heterocycles. The van der Waals surface area contributed by atoms with Crippen LogP contribution in [0.4, 0.5) is 5.69 Å². The second-order valence-corrected chi connectivity index (χ2v) is 3.82. The van der Waals surface area contributed by atoms with Gasteiger partial charge in [0.25, 0.3) is 5.69 Å². The second-order valence-electron chi connectivity index (χ2n) is 3.82. The van der Waals surface area contributed by atoms with Crippen molar-refractivity contribution in [3.8, 4) is 0 Å². The van der Waals surface area contributed by atoms with E-state index < -0.39 is 4.92 Å². The Morgan fingerprint density at radius 3 is 2.56 bits per heavy atom. The molecule has 0 fully saturated rings. The summed E-state index contributed by atoms with van der Waals surface area (Å²) in [5, 5.41) is 21.1. The second kappa shape index (κ2) is 5.37. The maximum absolute atomic E-state index is 10.5. The predicted molar refractivity (Wildman–Crippen MR) is 62.7 cm³/mol. The lowest BCUT2D eigenvalue weighted by Gasteiger charge is -2.02. The zero-order chi connectivity index (χ0) is 13.0. The molecule has 0 aliphatic heterocycles. The highest BCUT2D eigenvalue weighted by Gasteiger charge is 2.05. The molecule has 18 heavy (non-hydrogen) atoms. The van der Waals surface area contributed by atoms with Crippen LogP contribution in [0.3, 0.4) is 0 Å². The van der Waals surface area contributed by atoms with Crippen molar-refractivity contribution >= 4 is 5.69 Å². The molecule has 0 bridgehead atoms. The Morgan fingerprint density at radius 1 is 1.28 bits per heavy atom. The molecule has 0 unspecified atom stereocenters. The topological polar surface area (TPSA) is 94.1 Å². The lowest BCUT2D eigenvalue weighted by molar-refractivity contribution is -0.384. The molecular formula is C11H12N4O3. The van der Waals surface area contributed by atoms with Crippen LogP contribution in [0, 0.1) is 17.0 Å². The van der Waals surface area contributed by atoms with Gasteiger partial charge in [-0.15, -0.1) is 0 Å². The van der Waals surface area contributed by atoms with Crippen molar-refractivity contribution in [1.82, 2.24) is 15.6 Å². The Morgan fingerprint density at radius 2 is 2.00 bits per heavy atom. The van der Waals surface area contributed by atoms with Gasteiger partial charge in [0.05, 0.1) is 4.92 Å². The minimum atomic E-state index is -0.415. The third-order valence-electron chi connectivity index (χ3n) is 2.52. The van der Waals surface area contributed by atoms with E-state index in [-0.39, 0.29) is 5.69 Å². The predicted octanol–water partition coefficient (Wildman–Crippen LogP) is 1.58. The van der Waals surface area contributed by atoms with Crippen molar-refractivity contribution in [2.75, 3.05) is 0 Å². The monoisotopic (exact) mass is 248 g/mol. The summed E-state index contributed by atoms with van der Waals surface area (Å²) in [4.78, 5) is 10.1. The van der Waals surface area contributed by atoms with Gasteiger partial charge in [-0.3, -0.25) is 10.1 Å². The van der Waals surface area contributed by atoms with Crippen molar-refractivity contribution in [3.63, 3.8) is 0 Å². The van der Waals surface area contributed by atoms with Crippen molar-refractivity contribution in [2.24, 2.45) is 0 Å². The highest BCUT2D eigenvalue weighted by Crippen LogP contribution is 2.11. The molecule has 0 aliphatic rings. The van der Waals surface area contributed by atoms with E-state index in [2.05, 4.69) is 20.3 Å². The Kier molecular flexibility index (Phi) is 3.63. The quantitative estimate of drug-likeness (QED) is 0.637. The maximum atomic E-state index is 10.5. The molecule has 2 aromatic rings. The van der Waals surface area contributed by atoms with Gasteiger partial charge >= 0.3 is 0 Å². The highest BCUT2D eigenvalue weighted by atomic mass is 16.6. The summed E-state index contributed by atoms with van der Waals surface area (Å²) in [5.74, 6) is 0. The lowest BCUT2D eigenvalue weighted by atomic mass is 10.2. The third kappa shape index (κ3) is 2.89. The van der Waals surface area contributed by atoms with Crippen molar-refractivity contribution in [3.05, 3.63) is 51.3 Å². The molecule has 0 amide bonds. The van der Waals surface area contributed by atoms with E-state index in [9.17, 15) is 10.1 Å². The number of aryl methyl sites for hydroxylation is 1. The van der Waals surface area contributed by atoms with Gasteiger partial charge < -0.3 is 5.32 Å². The van der Waals surface area contributed by atoms with Crippen LogP contribution < -0.4 is 5.32 Å². The molecule has 0 saturated heterocycles. The first-order valence-electron chi connectivity index (χ1n) is 5.39. The number of rotatable bonds is 5. The average molecular weight is 248 g/mol. The van der Waals surface area contributed by atoms with Gasteiger partial charge in [0.2, 0.25) is 0 Å². The first-order chi connectivity index (χ1) is 8.66. The minimum Gasteiger partial charge on any atom is -0.307 e. The molecule has 0 radical (unpaired) electrons. The van der Waals surface area contributed by atoms with Gasteiger partial charge in [-0.25, -0.2) is 4.63 Å². The fourth-order valence-electron chi connectivity index (χ4n) is 1.47. The smallest absolute Gasteiger partial charge is 0.269 e. The molecule has 0 saturated carbocycles. The minimum absolute atomic E-state index is 0.0929. The van der Waals surface area contributed by atoms with Gasteiger partial charge in [0, 0.05) is 25.2 Å². The van der Waals surface area contributed by atoms with E-state index in [1.807, 2.05) is 6.92 Å². The molecule has 2 rings (SSSR count). The summed E-state index contributed by atoms with van der Waals surface area (Å²) in [5.41, 5.74) is 2.58. The van der Waals surface area contributed by atoms with E-state index in [0.29, 0.717) is 13.1 Å². The zero-order valence-electron chi connectivity index (χ0n) is 9.79. The Balaban J connectivity index is 1.87. The standard InChI is InChI=1S/C11H12N4O3/c1-8-11(14-18-13-8)7-12-6-9-2-4-10(5-3-9)15(16)17/h2-5,12H,6-7H2,1H3. The van der Waals surface area contributed by atoms with Crippen LogP contribution in [0.1, 0.15) is 17.0 Å². The van der Waals surface area contributed by atoms with Crippen LogP contribution in [0.25, 0.3) is 0 Å². The number of benzene rings is 1. The fraction of sp³-hybridized carbons (Fsp3) is 0.273. The summed E-state index contributed by atoms with van der Waals surface area (Å²) in [6, 6.07) is 6.41. The van der Waals surface area contributed by atoms with Gasteiger partial charge in [0.15, 0.2) is 0 Å². The van der Waals surface area contributed by atoms with Crippen molar-refractivity contribution in [1.29, 1.82) is 0 Å². The summed E-state index contributed by atoms with van der Waals surface area (Å²) in [6.07, 6.45) is 0. The molecule has 7 nitrogen and oxygen atoms in total. The van der Waals surface area contributed by atoms with Crippen molar-refractivity contribution in [2.45, 2.75) is 20.0 Å². The Bertz CT molecular complexity index is 535. The number of nitro groups is 1. The molecule has 1 heterocycles. The summed E-state index contributed by atoms with van der Waals surface area (Å²) >= 11 is 0. The number of hydrogen-bond acceptors (Lipinski definition) is 6. The first kappa shape index (κ1) is 12.2. The largest absolute Gasteiger partial charge is 0.307 e.